The number of aldehydes is 1. The van der Waals surface area contributed by atoms with Crippen LogP contribution in [0.3, 0.4) is 0 Å². The van der Waals surface area contributed by atoms with Gasteiger partial charge in [0, 0.05) is 12.3 Å². The molecule has 6 nitrogen and oxygen atoms in total. The number of aromatic nitrogens is 3. The molecule has 0 aliphatic rings. The first-order valence-electron chi connectivity index (χ1n) is 8.18. The molecule has 2 aromatic heterocycles. The second-order valence-electron chi connectivity index (χ2n) is 5.93. The van der Waals surface area contributed by atoms with Crippen molar-refractivity contribution in [2.24, 2.45) is 0 Å². The molecule has 0 saturated carbocycles. The molecule has 0 aliphatic carbocycles. The number of hydrogen-bond donors (Lipinski definition) is 1. The zero-order valence-electron chi connectivity index (χ0n) is 14.1. The van der Waals surface area contributed by atoms with Gasteiger partial charge in [0.05, 0.1) is 16.7 Å². The Balaban J connectivity index is 1.57. The van der Waals surface area contributed by atoms with E-state index in [0.29, 0.717) is 28.8 Å². The number of nitrogens with one attached hydrogen (secondary N) is 1. The van der Waals surface area contributed by atoms with Crippen molar-refractivity contribution >= 4 is 17.3 Å². The van der Waals surface area contributed by atoms with E-state index >= 15 is 0 Å². The van der Waals surface area contributed by atoms with Gasteiger partial charge in [0.2, 0.25) is 0 Å². The second kappa shape index (κ2) is 6.87. The largest absolute Gasteiger partial charge is 0.489 e. The van der Waals surface area contributed by atoms with Crippen molar-refractivity contribution in [3.8, 4) is 11.4 Å². The van der Waals surface area contributed by atoms with Crippen molar-refractivity contribution in [2.45, 2.75) is 6.61 Å². The minimum absolute atomic E-state index is 0.234. The topological polar surface area (TPSA) is 77.0 Å². The monoisotopic (exact) mass is 363 g/mol. The van der Waals surface area contributed by atoms with Crippen LogP contribution in [0.1, 0.15) is 16.2 Å². The van der Waals surface area contributed by atoms with Gasteiger partial charge in [-0.05, 0) is 42.0 Å². The predicted octanol–water partition coefficient (Wildman–Crippen LogP) is 3.24. The lowest BCUT2D eigenvalue weighted by Crippen LogP contribution is -2.16. The van der Waals surface area contributed by atoms with Crippen LogP contribution in [-0.4, -0.2) is 20.8 Å². The molecule has 0 fully saturated rings. The van der Waals surface area contributed by atoms with Crippen molar-refractivity contribution in [1.82, 2.24) is 14.5 Å². The number of pyridine rings is 1. The van der Waals surface area contributed by atoms with Crippen LogP contribution in [0, 0.1) is 5.82 Å². The smallest absolute Gasteiger partial charge is 0.258 e. The summed E-state index contributed by atoms with van der Waals surface area (Å²) in [4.78, 5) is 30.3. The van der Waals surface area contributed by atoms with E-state index in [9.17, 15) is 14.0 Å². The Kier molecular flexibility index (Phi) is 4.25. The Morgan fingerprint density at radius 2 is 1.93 bits per heavy atom. The minimum atomic E-state index is -0.309. The van der Waals surface area contributed by atoms with Gasteiger partial charge in [-0.15, -0.1) is 0 Å². The molecule has 134 valence electrons. The quantitative estimate of drug-likeness (QED) is 0.552. The number of ether oxygens (including phenoxy) is 1. The van der Waals surface area contributed by atoms with Crippen LogP contribution in [-0.2, 0) is 6.61 Å². The van der Waals surface area contributed by atoms with Crippen LogP contribution in [0.2, 0.25) is 0 Å². The van der Waals surface area contributed by atoms with Gasteiger partial charge in [-0.3, -0.25) is 14.2 Å². The predicted molar refractivity (Wildman–Crippen MR) is 97.8 cm³/mol. The molecule has 0 saturated heterocycles. The molecule has 0 atom stereocenters. The average Bonchev–Trinajstić information content (AvgIpc) is 3.10. The van der Waals surface area contributed by atoms with Gasteiger partial charge in [-0.2, -0.15) is 0 Å². The zero-order chi connectivity index (χ0) is 18.8. The van der Waals surface area contributed by atoms with Gasteiger partial charge in [-0.25, -0.2) is 9.37 Å². The number of carbonyl (C=O) groups excluding carboxylic acids is 1. The van der Waals surface area contributed by atoms with Gasteiger partial charge in [-0.1, -0.05) is 12.1 Å². The number of H-pyrrole nitrogens is 1. The molecule has 0 radical (unpaired) electrons. The third kappa shape index (κ3) is 3.48. The fraction of sp³-hybridized carbons (Fsp3) is 0.0500. The maximum Gasteiger partial charge on any atom is 0.258 e. The molecule has 27 heavy (non-hydrogen) atoms. The normalized spacial score (nSPS) is 10.9. The summed E-state index contributed by atoms with van der Waals surface area (Å²) in [7, 11) is 0. The minimum Gasteiger partial charge on any atom is -0.489 e. The molecule has 2 heterocycles. The van der Waals surface area contributed by atoms with Crippen LogP contribution < -0.4 is 10.3 Å². The first-order chi connectivity index (χ1) is 13.1. The highest BCUT2D eigenvalue weighted by Gasteiger charge is 2.07. The van der Waals surface area contributed by atoms with E-state index in [-0.39, 0.29) is 23.8 Å². The van der Waals surface area contributed by atoms with Crippen molar-refractivity contribution in [3.63, 3.8) is 0 Å². The van der Waals surface area contributed by atoms with Gasteiger partial charge >= 0.3 is 0 Å². The maximum absolute atomic E-state index is 12.9. The zero-order valence-corrected chi connectivity index (χ0v) is 14.1. The molecule has 0 spiro atoms. The Hall–Kier alpha value is -3.74. The number of nitrogens with zero attached hydrogens (tertiary/aromatic N) is 2. The summed E-state index contributed by atoms with van der Waals surface area (Å²) in [6.07, 6.45) is 2.25. The molecule has 4 rings (SSSR count). The highest BCUT2D eigenvalue weighted by molar-refractivity contribution is 5.83. The van der Waals surface area contributed by atoms with Crippen LogP contribution in [0.25, 0.3) is 16.7 Å². The van der Waals surface area contributed by atoms with Crippen LogP contribution in [0.4, 0.5) is 4.39 Å². The van der Waals surface area contributed by atoms with Crippen LogP contribution in [0.5, 0.6) is 5.75 Å². The summed E-state index contributed by atoms with van der Waals surface area (Å²) in [6.45, 7) is 0.234. The standard InChI is InChI=1S/C20H14FN3O3/c21-14-3-1-13(2-4-14)12-27-16-7-8-24(20(26)10-16)15-5-6-17-18(9-15)23-19(11-25)22-17/h1-11H,12H2,(H,22,23). The van der Waals surface area contributed by atoms with Gasteiger partial charge in [0.25, 0.3) is 5.56 Å². The molecule has 0 amide bonds. The van der Waals surface area contributed by atoms with E-state index in [4.69, 9.17) is 4.74 Å². The molecule has 0 bridgehead atoms. The molecular weight excluding hydrogens is 349 g/mol. The van der Waals surface area contributed by atoms with E-state index in [1.165, 1.54) is 22.8 Å². The third-order valence-corrected chi connectivity index (χ3v) is 4.08. The molecular formula is C20H14FN3O3. The summed E-state index contributed by atoms with van der Waals surface area (Å²) >= 11 is 0. The van der Waals surface area contributed by atoms with E-state index in [2.05, 4.69) is 9.97 Å². The first-order valence-corrected chi connectivity index (χ1v) is 8.18. The van der Waals surface area contributed by atoms with Crippen LogP contribution >= 0.6 is 0 Å². The fourth-order valence-corrected chi connectivity index (χ4v) is 2.73. The highest BCUT2D eigenvalue weighted by Crippen LogP contribution is 2.17. The molecule has 0 aliphatic heterocycles. The molecule has 1 N–H and O–H groups in total. The number of fused-ring (bicyclic) bond motifs is 1. The van der Waals surface area contributed by atoms with Gasteiger partial charge in [0.1, 0.15) is 18.2 Å². The van der Waals surface area contributed by atoms with Crippen molar-refractivity contribution in [1.29, 1.82) is 0 Å². The molecule has 2 aromatic carbocycles. The second-order valence-corrected chi connectivity index (χ2v) is 5.93. The Morgan fingerprint density at radius 3 is 2.67 bits per heavy atom. The molecule has 0 unspecified atom stereocenters. The Bertz CT molecular complexity index is 1180. The number of hydrogen-bond acceptors (Lipinski definition) is 4. The Labute approximate surface area is 152 Å². The lowest BCUT2D eigenvalue weighted by Gasteiger charge is -2.09. The number of benzene rings is 2. The summed E-state index contributed by atoms with van der Waals surface area (Å²) in [5.74, 6) is 0.348. The number of rotatable bonds is 5. The number of imidazole rings is 1. The average molecular weight is 363 g/mol. The summed E-state index contributed by atoms with van der Waals surface area (Å²) in [5, 5.41) is 0. The highest BCUT2D eigenvalue weighted by atomic mass is 19.1. The summed E-state index contributed by atoms with van der Waals surface area (Å²) in [6, 6.07) is 14.3. The maximum atomic E-state index is 12.9. The van der Waals surface area contributed by atoms with Crippen molar-refractivity contribution in [3.05, 3.63) is 88.4 Å². The van der Waals surface area contributed by atoms with Crippen LogP contribution in [0.15, 0.2) is 65.6 Å². The lowest BCUT2D eigenvalue weighted by molar-refractivity contribution is 0.111. The summed E-state index contributed by atoms with van der Waals surface area (Å²) < 4.78 is 20.0. The lowest BCUT2D eigenvalue weighted by atomic mass is 10.2. The van der Waals surface area contributed by atoms with Gasteiger partial charge < -0.3 is 9.72 Å². The van der Waals surface area contributed by atoms with Crippen molar-refractivity contribution in [2.75, 3.05) is 0 Å². The Morgan fingerprint density at radius 1 is 1.11 bits per heavy atom. The van der Waals surface area contributed by atoms with Gasteiger partial charge in [0.15, 0.2) is 12.1 Å². The number of carbonyl (C=O) groups is 1. The number of aromatic amines is 1. The molecule has 7 heteroatoms. The van der Waals surface area contributed by atoms with E-state index in [1.54, 1.807) is 42.6 Å². The molecule has 4 aromatic rings. The number of halogens is 1. The third-order valence-electron chi connectivity index (χ3n) is 4.08. The van der Waals surface area contributed by atoms with E-state index in [1.807, 2.05) is 0 Å². The van der Waals surface area contributed by atoms with E-state index in [0.717, 1.165) is 5.56 Å². The SMILES string of the molecule is O=Cc1nc2ccc(-n3ccc(OCc4ccc(F)cc4)cc3=O)cc2[nH]1. The van der Waals surface area contributed by atoms with E-state index < -0.39 is 0 Å². The summed E-state index contributed by atoms with van der Waals surface area (Å²) in [5.41, 5.74) is 2.49. The fourth-order valence-electron chi connectivity index (χ4n) is 2.73. The van der Waals surface area contributed by atoms with Crippen molar-refractivity contribution < 1.29 is 13.9 Å². The first kappa shape index (κ1) is 16.7.